The molecular weight excluding hydrogens is 394 g/mol. The zero-order valence-electron chi connectivity index (χ0n) is 17.8. The number of anilines is 2. The topological polar surface area (TPSA) is 102 Å². The van der Waals surface area contributed by atoms with Gasteiger partial charge in [0, 0.05) is 28.9 Å². The second kappa shape index (κ2) is 7.71. The number of hydrogen-bond acceptors (Lipinski definition) is 5. The lowest BCUT2D eigenvalue weighted by Crippen LogP contribution is -2.19. The molecule has 0 aliphatic rings. The summed E-state index contributed by atoms with van der Waals surface area (Å²) < 4.78 is 7.02. The van der Waals surface area contributed by atoms with Crippen molar-refractivity contribution in [3.8, 4) is 0 Å². The molecule has 0 unspecified atom stereocenters. The number of aryl methyl sites for hydroxylation is 1. The van der Waals surface area contributed by atoms with E-state index in [-0.39, 0.29) is 11.2 Å². The molecule has 0 atom stereocenters. The fraction of sp³-hybridized carbons (Fsp3) is 0.217. The highest BCUT2D eigenvalue weighted by molar-refractivity contribution is 6.08. The van der Waals surface area contributed by atoms with Gasteiger partial charge in [-0.1, -0.05) is 25.9 Å². The van der Waals surface area contributed by atoms with Crippen LogP contribution in [-0.4, -0.2) is 26.4 Å². The van der Waals surface area contributed by atoms with Crippen LogP contribution in [-0.2, 0) is 5.41 Å². The Bertz CT molecular complexity index is 1260. The van der Waals surface area contributed by atoms with Crippen LogP contribution in [0.5, 0.6) is 0 Å². The summed E-state index contributed by atoms with van der Waals surface area (Å²) in [6, 6.07) is 11.8. The summed E-state index contributed by atoms with van der Waals surface area (Å²) in [7, 11) is 0. The number of nitrogens with zero attached hydrogens (tertiary/aromatic N) is 3. The van der Waals surface area contributed by atoms with Crippen LogP contribution in [0.1, 0.15) is 48.1 Å². The van der Waals surface area contributed by atoms with Gasteiger partial charge >= 0.3 is 6.03 Å². The van der Waals surface area contributed by atoms with E-state index < -0.39 is 6.03 Å². The van der Waals surface area contributed by atoms with Crippen LogP contribution in [0.3, 0.4) is 0 Å². The summed E-state index contributed by atoms with van der Waals surface area (Å²) in [6.45, 7) is 7.96. The Morgan fingerprint density at radius 2 is 1.77 bits per heavy atom. The number of fused-ring (bicyclic) bond motifs is 1. The quantitative estimate of drug-likeness (QED) is 0.464. The normalized spacial score (nSPS) is 11.5. The van der Waals surface area contributed by atoms with Crippen LogP contribution in [0.2, 0.25) is 0 Å². The number of imidazole rings is 1. The molecule has 4 rings (SSSR count). The number of carbonyl (C=O) groups is 2. The Kier molecular flexibility index (Phi) is 5.06. The summed E-state index contributed by atoms with van der Waals surface area (Å²) >= 11 is 0. The standard InChI is InChI=1S/C23H23N5O3/c1-14-9-10-28-17(13-24-20(28)11-14)21(29)15-5-7-16(8-6-15)25-22(30)26-19-12-18(31-27-19)23(2,3)4/h5-13H,1-4H3,(H2,25,26,27,30). The van der Waals surface area contributed by atoms with E-state index in [1.807, 2.05) is 46.0 Å². The predicted molar refractivity (Wildman–Crippen MR) is 118 cm³/mol. The largest absolute Gasteiger partial charge is 0.359 e. The van der Waals surface area contributed by atoms with Crippen molar-refractivity contribution in [1.82, 2.24) is 14.5 Å². The van der Waals surface area contributed by atoms with E-state index in [0.717, 1.165) is 11.2 Å². The number of benzene rings is 1. The maximum Gasteiger partial charge on any atom is 0.324 e. The molecule has 158 valence electrons. The molecule has 0 fully saturated rings. The molecule has 1 aromatic carbocycles. The van der Waals surface area contributed by atoms with Gasteiger partial charge in [-0.3, -0.25) is 14.5 Å². The molecule has 0 bridgehead atoms. The Morgan fingerprint density at radius 3 is 2.45 bits per heavy atom. The molecule has 3 heterocycles. The predicted octanol–water partition coefficient (Wildman–Crippen LogP) is 4.80. The van der Waals surface area contributed by atoms with E-state index in [2.05, 4.69) is 20.8 Å². The first-order valence-electron chi connectivity index (χ1n) is 9.84. The van der Waals surface area contributed by atoms with Gasteiger partial charge in [-0.05, 0) is 48.9 Å². The second-order valence-corrected chi connectivity index (χ2v) is 8.39. The van der Waals surface area contributed by atoms with E-state index in [4.69, 9.17) is 4.52 Å². The van der Waals surface area contributed by atoms with Gasteiger partial charge in [0.15, 0.2) is 5.82 Å². The van der Waals surface area contributed by atoms with Gasteiger partial charge in [-0.15, -0.1) is 0 Å². The van der Waals surface area contributed by atoms with Crippen LogP contribution in [0.25, 0.3) is 5.65 Å². The average molecular weight is 417 g/mol. The number of hydrogen-bond donors (Lipinski definition) is 2. The van der Waals surface area contributed by atoms with Crippen LogP contribution < -0.4 is 10.6 Å². The van der Waals surface area contributed by atoms with E-state index in [9.17, 15) is 9.59 Å². The molecule has 8 nitrogen and oxygen atoms in total. The molecule has 4 aromatic rings. The summed E-state index contributed by atoms with van der Waals surface area (Å²) in [5, 5.41) is 9.21. The van der Waals surface area contributed by atoms with Crippen molar-refractivity contribution in [2.75, 3.05) is 10.6 Å². The smallest absolute Gasteiger partial charge is 0.324 e. The van der Waals surface area contributed by atoms with Gasteiger partial charge in [0.05, 0.1) is 6.20 Å². The third-order valence-corrected chi connectivity index (χ3v) is 4.80. The van der Waals surface area contributed by atoms with E-state index in [0.29, 0.717) is 28.5 Å². The monoisotopic (exact) mass is 417 g/mol. The van der Waals surface area contributed by atoms with Crippen molar-refractivity contribution in [1.29, 1.82) is 0 Å². The number of rotatable bonds is 4. The van der Waals surface area contributed by atoms with Crippen LogP contribution in [0.4, 0.5) is 16.3 Å². The molecule has 0 aliphatic heterocycles. The average Bonchev–Trinajstić information content (AvgIpc) is 3.34. The van der Waals surface area contributed by atoms with E-state index >= 15 is 0 Å². The third-order valence-electron chi connectivity index (χ3n) is 4.80. The number of ketones is 1. The Hall–Kier alpha value is -3.94. The SMILES string of the molecule is Cc1ccn2c(C(=O)c3ccc(NC(=O)Nc4cc(C(C)(C)C)on4)cc3)cnc2c1. The van der Waals surface area contributed by atoms with Crippen molar-refractivity contribution in [3.63, 3.8) is 0 Å². The highest BCUT2D eigenvalue weighted by Crippen LogP contribution is 2.24. The zero-order chi connectivity index (χ0) is 22.2. The van der Waals surface area contributed by atoms with Crippen molar-refractivity contribution in [2.24, 2.45) is 0 Å². The summed E-state index contributed by atoms with van der Waals surface area (Å²) in [5.41, 5.74) is 3.12. The fourth-order valence-electron chi connectivity index (χ4n) is 3.07. The fourth-order valence-corrected chi connectivity index (χ4v) is 3.07. The number of amides is 2. The van der Waals surface area contributed by atoms with Gasteiger partial charge in [-0.25, -0.2) is 9.78 Å². The lowest BCUT2D eigenvalue weighted by Gasteiger charge is -2.12. The minimum absolute atomic E-state index is 0.148. The molecular formula is C23H23N5O3. The molecule has 2 amide bonds. The van der Waals surface area contributed by atoms with Crippen LogP contribution in [0.15, 0.2) is 59.4 Å². The van der Waals surface area contributed by atoms with Crippen molar-refractivity contribution < 1.29 is 14.1 Å². The second-order valence-electron chi connectivity index (χ2n) is 8.39. The van der Waals surface area contributed by atoms with Crippen LogP contribution in [0, 0.1) is 6.92 Å². The Labute approximate surface area is 179 Å². The molecule has 0 aliphatic carbocycles. The molecule has 0 spiro atoms. The molecule has 0 saturated carbocycles. The molecule has 31 heavy (non-hydrogen) atoms. The number of carbonyl (C=O) groups excluding carboxylic acids is 2. The summed E-state index contributed by atoms with van der Waals surface area (Å²) in [4.78, 5) is 29.4. The Balaban J connectivity index is 1.43. The lowest BCUT2D eigenvalue weighted by atomic mass is 9.93. The maximum absolute atomic E-state index is 12.9. The van der Waals surface area contributed by atoms with Gasteiger partial charge < -0.3 is 9.84 Å². The van der Waals surface area contributed by atoms with Gasteiger partial charge in [0.25, 0.3) is 0 Å². The van der Waals surface area contributed by atoms with Crippen LogP contribution >= 0.6 is 0 Å². The maximum atomic E-state index is 12.9. The van der Waals surface area contributed by atoms with Crippen molar-refractivity contribution >= 4 is 29.0 Å². The van der Waals surface area contributed by atoms with Gasteiger partial charge in [0.2, 0.25) is 5.78 Å². The minimum Gasteiger partial charge on any atom is -0.359 e. The first-order valence-corrected chi connectivity index (χ1v) is 9.84. The minimum atomic E-state index is -0.454. The molecule has 0 radical (unpaired) electrons. The van der Waals surface area contributed by atoms with E-state index in [1.54, 1.807) is 40.9 Å². The van der Waals surface area contributed by atoms with Gasteiger partial charge in [-0.2, -0.15) is 0 Å². The first-order chi connectivity index (χ1) is 14.7. The highest BCUT2D eigenvalue weighted by Gasteiger charge is 2.20. The molecule has 0 saturated heterocycles. The van der Waals surface area contributed by atoms with E-state index in [1.165, 1.54) is 0 Å². The number of pyridine rings is 1. The lowest BCUT2D eigenvalue weighted by molar-refractivity contribution is 0.103. The molecule has 8 heteroatoms. The highest BCUT2D eigenvalue weighted by atomic mass is 16.5. The summed E-state index contributed by atoms with van der Waals surface area (Å²) in [5.74, 6) is 0.856. The number of aromatic nitrogens is 3. The van der Waals surface area contributed by atoms with Crippen molar-refractivity contribution in [2.45, 2.75) is 33.1 Å². The third kappa shape index (κ3) is 4.32. The summed E-state index contributed by atoms with van der Waals surface area (Å²) in [6.07, 6.45) is 3.40. The Morgan fingerprint density at radius 1 is 1.03 bits per heavy atom. The first kappa shape index (κ1) is 20.3. The number of nitrogens with one attached hydrogen (secondary N) is 2. The number of urea groups is 1. The molecule has 2 N–H and O–H groups in total. The van der Waals surface area contributed by atoms with Crippen molar-refractivity contribution in [3.05, 3.63) is 77.4 Å². The zero-order valence-corrected chi connectivity index (χ0v) is 17.8. The van der Waals surface area contributed by atoms with Gasteiger partial charge in [0.1, 0.15) is 17.1 Å². The molecule has 3 aromatic heterocycles.